The van der Waals surface area contributed by atoms with E-state index in [4.69, 9.17) is 10.5 Å². The summed E-state index contributed by atoms with van der Waals surface area (Å²) in [5.74, 6) is 0. The van der Waals surface area contributed by atoms with E-state index in [1.54, 1.807) is 0 Å². The summed E-state index contributed by atoms with van der Waals surface area (Å²) in [5.41, 5.74) is 7.87. The molecule has 5 heteroatoms. The van der Waals surface area contributed by atoms with Crippen molar-refractivity contribution in [2.24, 2.45) is 5.73 Å². The molecule has 0 aliphatic carbocycles. The first kappa shape index (κ1) is 12.3. The van der Waals surface area contributed by atoms with Gasteiger partial charge in [0, 0.05) is 19.1 Å². The van der Waals surface area contributed by atoms with Gasteiger partial charge in [-0.2, -0.15) is 0 Å². The standard InChI is InChI=1S/C10H21N3O2/c1-10(2,3)15-9(14)12-13-6-4-5-8(13)7-11/h8H,4-7,11H2,1-3H3,(H,12,14)/t8-/m1/s1. The highest BCUT2D eigenvalue weighted by Crippen LogP contribution is 2.14. The molecule has 1 aliphatic heterocycles. The van der Waals surface area contributed by atoms with Crippen LogP contribution in [0.3, 0.4) is 0 Å². The number of carbonyl (C=O) groups is 1. The molecule has 3 N–H and O–H groups in total. The lowest BCUT2D eigenvalue weighted by Gasteiger charge is -2.26. The molecule has 0 bridgehead atoms. The Kier molecular flexibility index (Phi) is 3.93. The van der Waals surface area contributed by atoms with Crippen LogP contribution >= 0.6 is 0 Å². The molecule has 0 unspecified atom stereocenters. The van der Waals surface area contributed by atoms with Crippen molar-refractivity contribution in [2.45, 2.75) is 45.3 Å². The maximum atomic E-state index is 11.5. The van der Waals surface area contributed by atoms with Gasteiger partial charge in [-0.3, -0.25) is 5.43 Å². The molecule has 1 rings (SSSR count). The zero-order chi connectivity index (χ0) is 11.5. The molecule has 0 spiro atoms. The molecule has 0 aromatic rings. The van der Waals surface area contributed by atoms with Gasteiger partial charge in [-0.1, -0.05) is 0 Å². The van der Waals surface area contributed by atoms with Crippen LogP contribution < -0.4 is 11.2 Å². The lowest BCUT2D eigenvalue weighted by molar-refractivity contribution is 0.0313. The van der Waals surface area contributed by atoms with Gasteiger partial charge in [-0.05, 0) is 33.6 Å². The summed E-state index contributed by atoms with van der Waals surface area (Å²) in [7, 11) is 0. The number of amides is 1. The molecule has 1 heterocycles. The predicted molar refractivity (Wildman–Crippen MR) is 58.2 cm³/mol. The monoisotopic (exact) mass is 215 g/mol. The summed E-state index contributed by atoms with van der Waals surface area (Å²) in [5, 5.41) is 1.87. The quantitative estimate of drug-likeness (QED) is 0.716. The second-order valence-corrected chi connectivity index (χ2v) is 4.84. The van der Waals surface area contributed by atoms with Crippen molar-refractivity contribution in [3.63, 3.8) is 0 Å². The summed E-state index contributed by atoms with van der Waals surface area (Å²) < 4.78 is 5.16. The van der Waals surface area contributed by atoms with Crippen molar-refractivity contribution < 1.29 is 9.53 Å². The fraction of sp³-hybridized carbons (Fsp3) is 0.900. The molecule has 15 heavy (non-hydrogen) atoms. The van der Waals surface area contributed by atoms with Crippen LogP contribution in [-0.4, -0.2) is 35.8 Å². The molecule has 1 fully saturated rings. The Balaban J connectivity index is 2.37. The van der Waals surface area contributed by atoms with Gasteiger partial charge in [0.1, 0.15) is 5.60 Å². The summed E-state index contributed by atoms with van der Waals surface area (Å²) in [6.45, 7) is 6.95. The Bertz CT molecular complexity index is 225. The number of carbonyl (C=O) groups excluding carboxylic acids is 1. The van der Waals surface area contributed by atoms with E-state index in [9.17, 15) is 4.79 Å². The molecule has 5 nitrogen and oxygen atoms in total. The van der Waals surface area contributed by atoms with Crippen LogP contribution in [0.1, 0.15) is 33.6 Å². The first-order valence-corrected chi connectivity index (χ1v) is 5.39. The zero-order valence-electron chi connectivity index (χ0n) is 9.75. The Labute approximate surface area is 90.9 Å². The van der Waals surface area contributed by atoms with Gasteiger partial charge in [-0.25, -0.2) is 9.80 Å². The van der Waals surface area contributed by atoms with Gasteiger partial charge < -0.3 is 10.5 Å². The first-order valence-electron chi connectivity index (χ1n) is 5.39. The van der Waals surface area contributed by atoms with E-state index in [1.807, 2.05) is 25.8 Å². The lowest BCUT2D eigenvalue weighted by atomic mass is 10.2. The fourth-order valence-corrected chi connectivity index (χ4v) is 1.65. The van der Waals surface area contributed by atoms with Crippen LogP contribution in [0.5, 0.6) is 0 Å². The summed E-state index contributed by atoms with van der Waals surface area (Å²) >= 11 is 0. The Morgan fingerprint density at radius 1 is 1.60 bits per heavy atom. The normalized spacial score (nSPS) is 22.8. The molecule has 1 atom stereocenters. The van der Waals surface area contributed by atoms with E-state index in [2.05, 4.69) is 5.43 Å². The van der Waals surface area contributed by atoms with Gasteiger partial charge in [-0.15, -0.1) is 0 Å². The smallest absolute Gasteiger partial charge is 0.422 e. The number of nitrogens with zero attached hydrogens (tertiary/aromatic N) is 1. The third-order valence-corrected chi connectivity index (χ3v) is 2.28. The van der Waals surface area contributed by atoms with E-state index in [-0.39, 0.29) is 6.04 Å². The molecule has 0 aromatic carbocycles. The number of hydrogen-bond donors (Lipinski definition) is 2. The van der Waals surface area contributed by atoms with E-state index < -0.39 is 11.7 Å². The fourth-order valence-electron chi connectivity index (χ4n) is 1.65. The van der Waals surface area contributed by atoms with Gasteiger partial charge in [0.05, 0.1) is 0 Å². The van der Waals surface area contributed by atoms with Gasteiger partial charge in [0.15, 0.2) is 0 Å². The summed E-state index contributed by atoms with van der Waals surface area (Å²) in [6.07, 6.45) is 1.70. The third kappa shape index (κ3) is 4.05. The highest BCUT2D eigenvalue weighted by molar-refractivity contribution is 5.67. The Morgan fingerprint density at radius 2 is 2.27 bits per heavy atom. The minimum absolute atomic E-state index is 0.248. The van der Waals surface area contributed by atoms with Crippen molar-refractivity contribution in [1.29, 1.82) is 0 Å². The maximum Gasteiger partial charge on any atom is 0.422 e. The SMILES string of the molecule is CC(C)(C)OC(=O)NN1CCC[C@@H]1CN. The van der Waals surface area contributed by atoms with E-state index in [0.717, 1.165) is 19.4 Å². The minimum Gasteiger partial charge on any atom is -0.443 e. The second-order valence-electron chi connectivity index (χ2n) is 4.84. The highest BCUT2D eigenvalue weighted by Gasteiger charge is 2.26. The highest BCUT2D eigenvalue weighted by atomic mass is 16.6. The van der Waals surface area contributed by atoms with Gasteiger partial charge >= 0.3 is 6.09 Å². The molecule has 88 valence electrons. The van der Waals surface area contributed by atoms with E-state index in [0.29, 0.717) is 6.54 Å². The van der Waals surface area contributed by atoms with Crippen molar-refractivity contribution in [3.8, 4) is 0 Å². The number of ether oxygens (including phenoxy) is 1. The van der Waals surface area contributed by atoms with E-state index in [1.165, 1.54) is 0 Å². The van der Waals surface area contributed by atoms with Crippen LogP contribution in [-0.2, 0) is 4.74 Å². The summed E-state index contributed by atoms with van der Waals surface area (Å²) in [4.78, 5) is 11.5. The van der Waals surface area contributed by atoms with Crippen LogP contribution in [0.2, 0.25) is 0 Å². The maximum absolute atomic E-state index is 11.5. The van der Waals surface area contributed by atoms with E-state index >= 15 is 0 Å². The van der Waals surface area contributed by atoms with Crippen molar-refractivity contribution in [1.82, 2.24) is 10.4 Å². The van der Waals surface area contributed by atoms with Gasteiger partial charge in [0.25, 0.3) is 0 Å². The molecule has 0 saturated carbocycles. The van der Waals surface area contributed by atoms with Gasteiger partial charge in [0.2, 0.25) is 0 Å². The third-order valence-electron chi connectivity index (χ3n) is 2.28. The molecule has 1 saturated heterocycles. The molecular formula is C10H21N3O2. The first-order chi connectivity index (χ1) is 6.92. The largest absolute Gasteiger partial charge is 0.443 e. The van der Waals surface area contributed by atoms with Crippen LogP contribution in [0.15, 0.2) is 0 Å². The second kappa shape index (κ2) is 4.81. The van der Waals surface area contributed by atoms with Crippen molar-refractivity contribution in [3.05, 3.63) is 0 Å². The molecule has 1 amide bonds. The predicted octanol–water partition coefficient (Wildman–Crippen LogP) is 0.849. The molecule has 1 aliphatic rings. The Morgan fingerprint density at radius 3 is 2.80 bits per heavy atom. The topological polar surface area (TPSA) is 67.6 Å². The molecule has 0 aromatic heterocycles. The average molecular weight is 215 g/mol. The Hall–Kier alpha value is -0.810. The van der Waals surface area contributed by atoms with Crippen molar-refractivity contribution >= 4 is 6.09 Å². The van der Waals surface area contributed by atoms with Crippen LogP contribution in [0, 0.1) is 0 Å². The van der Waals surface area contributed by atoms with Crippen LogP contribution in [0.25, 0.3) is 0 Å². The lowest BCUT2D eigenvalue weighted by Crippen LogP contribution is -2.49. The minimum atomic E-state index is -0.456. The number of nitrogens with two attached hydrogens (primary N) is 1. The molecule has 0 radical (unpaired) electrons. The number of hydrazine groups is 1. The number of nitrogens with one attached hydrogen (secondary N) is 1. The summed E-state index contributed by atoms with van der Waals surface area (Å²) in [6, 6.07) is 0.248. The average Bonchev–Trinajstić information content (AvgIpc) is 2.48. The number of rotatable bonds is 2. The number of hydrogen-bond acceptors (Lipinski definition) is 4. The van der Waals surface area contributed by atoms with Crippen molar-refractivity contribution in [2.75, 3.05) is 13.1 Å². The van der Waals surface area contributed by atoms with Crippen LogP contribution in [0.4, 0.5) is 4.79 Å². The molecular weight excluding hydrogens is 194 g/mol. The zero-order valence-corrected chi connectivity index (χ0v) is 9.75.